The zero-order valence-electron chi connectivity index (χ0n) is 20.8. The smallest absolute Gasteiger partial charge is 0.243 e. The first-order valence-electron chi connectivity index (χ1n) is 11.7. The number of primary amides is 1. The summed E-state index contributed by atoms with van der Waals surface area (Å²) in [5, 5.41) is 16.7. The third kappa shape index (κ3) is 10.6. The van der Waals surface area contributed by atoms with Gasteiger partial charge in [-0.15, -0.1) is 0 Å². The van der Waals surface area contributed by atoms with Crippen LogP contribution in [-0.2, 0) is 42.8 Å². The predicted octanol–water partition coefficient (Wildman–Crippen LogP) is -1.02. The first-order valence-corrected chi connectivity index (χ1v) is 13.4. The first kappa shape index (κ1) is 30.4. The van der Waals surface area contributed by atoms with Crippen LogP contribution in [0.25, 0.3) is 0 Å². The minimum absolute atomic E-state index is 0.0230. The third-order valence-electron chi connectivity index (χ3n) is 5.51. The van der Waals surface area contributed by atoms with Gasteiger partial charge in [-0.2, -0.15) is 0 Å². The molecule has 0 heterocycles. The number of hydrogen-bond donors (Lipinski definition) is 6. The Morgan fingerprint density at radius 3 is 2.08 bits per heavy atom. The van der Waals surface area contributed by atoms with Crippen LogP contribution in [0.1, 0.15) is 17.5 Å². The lowest BCUT2D eigenvalue weighted by Gasteiger charge is -2.21. The van der Waals surface area contributed by atoms with Crippen molar-refractivity contribution in [1.29, 1.82) is 0 Å². The topological polar surface area (TPSA) is 194 Å². The summed E-state index contributed by atoms with van der Waals surface area (Å²) in [6.07, 6.45) is 1.65. The van der Waals surface area contributed by atoms with Crippen LogP contribution in [-0.4, -0.2) is 69.6 Å². The molecule has 0 fully saturated rings. The number of carbonyl (C=O) groups excluding carboxylic acids is 4. The molecule has 4 atom stereocenters. The van der Waals surface area contributed by atoms with Crippen molar-refractivity contribution in [3.63, 3.8) is 0 Å². The Morgan fingerprint density at radius 1 is 0.921 bits per heavy atom. The maximum absolute atomic E-state index is 13.1. The third-order valence-corrected chi connectivity index (χ3v) is 6.32. The van der Waals surface area contributed by atoms with E-state index in [2.05, 4.69) is 16.0 Å². The molecule has 0 unspecified atom stereocenters. The van der Waals surface area contributed by atoms with Gasteiger partial charge in [0, 0.05) is 29.2 Å². The number of aromatic hydroxyl groups is 1. The molecule has 0 aromatic heterocycles. The molecule has 4 amide bonds. The molecular weight excluding hydrogens is 517 g/mol. The van der Waals surface area contributed by atoms with Crippen molar-refractivity contribution in [1.82, 2.24) is 16.0 Å². The highest BCUT2D eigenvalue weighted by molar-refractivity contribution is 7.84. The average molecular weight is 550 g/mol. The Morgan fingerprint density at radius 2 is 1.50 bits per heavy atom. The zero-order valence-corrected chi connectivity index (χ0v) is 21.6. The SMILES string of the molecule is C[S@](=O)CC[C@H](NC(=O)[C@H](N)Cc1ccc(O)cc1)C(=O)NCC(=O)N[C@@H](Cc1ccc(F)cc1)C(N)=O. The van der Waals surface area contributed by atoms with Crippen LogP contribution in [0.2, 0.25) is 0 Å². The lowest BCUT2D eigenvalue weighted by Crippen LogP contribution is -2.54. The highest BCUT2D eigenvalue weighted by Crippen LogP contribution is 2.11. The van der Waals surface area contributed by atoms with Gasteiger partial charge in [0.05, 0.1) is 12.6 Å². The van der Waals surface area contributed by atoms with Gasteiger partial charge < -0.3 is 32.5 Å². The number of nitrogens with two attached hydrogens (primary N) is 2. The minimum Gasteiger partial charge on any atom is -0.508 e. The largest absolute Gasteiger partial charge is 0.508 e. The summed E-state index contributed by atoms with van der Waals surface area (Å²) in [7, 11) is -1.25. The number of phenolic OH excluding ortho intramolecular Hbond substituents is 1. The Hall–Kier alpha value is -3.84. The molecule has 0 aliphatic heterocycles. The quantitative estimate of drug-likeness (QED) is 0.174. The number of nitrogens with one attached hydrogen (secondary N) is 3. The van der Waals surface area contributed by atoms with Crippen molar-refractivity contribution < 1.29 is 32.9 Å². The van der Waals surface area contributed by atoms with E-state index in [9.17, 15) is 32.9 Å². The van der Waals surface area contributed by atoms with Gasteiger partial charge >= 0.3 is 0 Å². The van der Waals surface area contributed by atoms with Gasteiger partial charge in [0.1, 0.15) is 23.7 Å². The summed E-state index contributed by atoms with van der Waals surface area (Å²) in [6.45, 7) is -0.521. The van der Waals surface area contributed by atoms with Gasteiger partial charge in [0.15, 0.2) is 0 Å². The van der Waals surface area contributed by atoms with E-state index in [0.717, 1.165) is 0 Å². The van der Waals surface area contributed by atoms with Crippen molar-refractivity contribution in [3.8, 4) is 5.75 Å². The standard InChI is InChI=1S/C25H32FN5O6S/c1-38(37)11-10-20(31-24(35)19(27)12-15-4-8-18(32)9-5-15)25(36)29-14-22(33)30-21(23(28)34)13-16-2-6-17(26)7-3-16/h2-9,19-21,32H,10-14,27H2,1H3,(H2,28,34)(H,29,36)(H,30,33)(H,31,35)/t19-,20+,21+,38+/m1/s1. The van der Waals surface area contributed by atoms with E-state index in [-0.39, 0.29) is 30.8 Å². The Bertz CT molecular complexity index is 1150. The van der Waals surface area contributed by atoms with E-state index in [1.807, 2.05) is 0 Å². The maximum atomic E-state index is 13.1. The molecule has 2 rings (SSSR count). The molecule has 0 saturated carbocycles. The van der Waals surface area contributed by atoms with Crippen LogP contribution in [0.15, 0.2) is 48.5 Å². The second-order valence-electron chi connectivity index (χ2n) is 8.68. The van der Waals surface area contributed by atoms with Gasteiger partial charge in [0.25, 0.3) is 0 Å². The van der Waals surface area contributed by atoms with E-state index >= 15 is 0 Å². The lowest BCUT2D eigenvalue weighted by molar-refractivity contribution is -0.131. The number of rotatable bonds is 14. The van der Waals surface area contributed by atoms with E-state index in [0.29, 0.717) is 11.1 Å². The summed E-state index contributed by atoms with van der Waals surface area (Å²) in [4.78, 5) is 49.6. The number of amides is 4. The minimum atomic E-state index is -1.25. The summed E-state index contributed by atoms with van der Waals surface area (Å²) in [5.41, 5.74) is 12.6. The molecule has 0 aliphatic carbocycles. The zero-order chi connectivity index (χ0) is 28.2. The molecule has 8 N–H and O–H groups in total. The van der Waals surface area contributed by atoms with Crippen molar-refractivity contribution in [3.05, 3.63) is 65.5 Å². The molecule has 0 bridgehead atoms. The van der Waals surface area contributed by atoms with Gasteiger partial charge in [-0.1, -0.05) is 24.3 Å². The molecule has 2 aromatic rings. The molecule has 0 radical (unpaired) electrons. The lowest BCUT2D eigenvalue weighted by atomic mass is 10.0. The summed E-state index contributed by atoms with van der Waals surface area (Å²) >= 11 is 0. The van der Waals surface area contributed by atoms with Gasteiger partial charge in [-0.05, 0) is 48.2 Å². The Labute approximate surface area is 222 Å². The fourth-order valence-electron chi connectivity index (χ4n) is 3.42. The van der Waals surface area contributed by atoms with E-state index in [1.54, 1.807) is 12.1 Å². The van der Waals surface area contributed by atoms with Crippen molar-refractivity contribution in [2.45, 2.75) is 37.4 Å². The Kier molecular flexibility index (Phi) is 11.8. The fraction of sp³-hybridized carbons (Fsp3) is 0.360. The molecule has 0 spiro atoms. The Balaban J connectivity index is 1.95. The molecule has 0 aliphatic rings. The van der Waals surface area contributed by atoms with Gasteiger partial charge in [0.2, 0.25) is 23.6 Å². The molecule has 11 nitrogen and oxygen atoms in total. The highest BCUT2D eigenvalue weighted by Gasteiger charge is 2.25. The van der Waals surface area contributed by atoms with E-state index < -0.39 is 64.9 Å². The van der Waals surface area contributed by atoms with Crippen molar-refractivity contribution in [2.24, 2.45) is 11.5 Å². The summed E-state index contributed by atoms with van der Waals surface area (Å²) in [5.74, 6) is -3.13. The predicted molar refractivity (Wildman–Crippen MR) is 140 cm³/mol. The molecule has 206 valence electrons. The van der Waals surface area contributed by atoms with Crippen LogP contribution in [0, 0.1) is 5.82 Å². The number of benzene rings is 2. The number of halogens is 1. The normalized spacial score (nSPS) is 14.0. The second-order valence-corrected chi connectivity index (χ2v) is 10.2. The van der Waals surface area contributed by atoms with Crippen molar-refractivity contribution in [2.75, 3.05) is 18.6 Å². The number of phenols is 1. The summed E-state index contributed by atoms with van der Waals surface area (Å²) < 4.78 is 24.7. The van der Waals surface area contributed by atoms with Crippen LogP contribution >= 0.6 is 0 Å². The number of carbonyl (C=O) groups is 4. The van der Waals surface area contributed by atoms with E-state index in [4.69, 9.17) is 11.5 Å². The summed E-state index contributed by atoms with van der Waals surface area (Å²) in [6, 6.07) is 8.26. The van der Waals surface area contributed by atoms with Crippen molar-refractivity contribution >= 4 is 34.4 Å². The van der Waals surface area contributed by atoms with E-state index in [1.165, 1.54) is 42.7 Å². The average Bonchev–Trinajstić information content (AvgIpc) is 2.86. The molecule has 13 heteroatoms. The molecule has 38 heavy (non-hydrogen) atoms. The van der Waals surface area contributed by atoms with Gasteiger partial charge in [-0.25, -0.2) is 4.39 Å². The molecule has 0 saturated heterocycles. The second kappa shape index (κ2) is 14.8. The maximum Gasteiger partial charge on any atom is 0.243 e. The van der Waals surface area contributed by atoms with Crippen LogP contribution in [0.5, 0.6) is 5.75 Å². The van der Waals surface area contributed by atoms with Crippen LogP contribution < -0.4 is 27.4 Å². The molecular formula is C25H32FN5O6S. The van der Waals surface area contributed by atoms with Crippen LogP contribution in [0.3, 0.4) is 0 Å². The fourth-order valence-corrected chi connectivity index (χ4v) is 3.99. The molecule has 2 aromatic carbocycles. The van der Waals surface area contributed by atoms with Crippen LogP contribution in [0.4, 0.5) is 4.39 Å². The number of hydrogen-bond acceptors (Lipinski definition) is 7. The monoisotopic (exact) mass is 549 g/mol. The first-order chi connectivity index (χ1) is 17.9. The van der Waals surface area contributed by atoms with Gasteiger partial charge in [-0.3, -0.25) is 23.4 Å². The highest BCUT2D eigenvalue weighted by atomic mass is 32.2.